The van der Waals surface area contributed by atoms with Gasteiger partial charge in [-0.1, -0.05) is 33.3 Å². The first-order chi connectivity index (χ1) is 15.9. The molecule has 2 heterocycles. The van der Waals surface area contributed by atoms with Crippen LogP contribution in [0.4, 0.5) is 11.4 Å². The van der Waals surface area contributed by atoms with Gasteiger partial charge in [-0.2, -0.15) is 0 Å². The topological polar surface area (TPSA) is 65.4 Å². The summed E-state index contributed by atoms with van der Waals surface area (Å²) >= 11 is 0. The lowest BCUT2D eigenvalue weighted by Crippen LogP contribution is -2.52. The third-order valence-corrected chi connectivity index (χ3v) is 8.44. The number of nitrogen functional groups attached to an aromatic ring is 1. The number of aromatic nitrogens is 1. The third kappa shape index (κ3) is 3.05. The second-order valence-corrected chi connectivity index (χ2v) is 10.6. The highest BCUT2D eigenvalue weighted by atomic mass is 16.1. The first-order valence-corrected chi connectivity index (χ1v) is 12.5. The molecule has 3 aromatic rings. The van der Waals surface area contributed by atoms with Crippen molar-refractivity contribution in [2.24, 2.45) is 0 Å². The number of nitrogens with one attached hydrogen (secondary N) is 1. The summed E-state index contributed by atoms with van der Waals surface area (Å²) in [5.41, 5.74) is 13.8. The van der Waals surface area contributed by atoms with E-state index in [0.29, 0.717) is 5.69 Å². The third-order valence-electron chi connectivity index (χ3n) is 8.44. The number of hydrogen-bond acceptors (Lipinski definition) is 4. The number of H-pyrrole nitrogens is 1. The van der Waals surface area contributed by atoms with Crippen LogP contribution < -0.4 is 10.6 Å². The molecule has 0 spiro atoms. The Bertz CT molecular complexity index is 1260. The van der Waals surface area contributed by atoms with Crippen molar-refractivity contribution >= 4 is 28.1 Å². The van der Waals surface area contributed by atoms with Gasteiger partial charge in [-0.15, -0.1) is 0 Å². The molecule has 2 aromatic carbocycles. The molecule has 1 aliphatic heterocycles. The summed E-state index contributed by atoms with van der Waals surface area (Å²) < 4.78 is 0. The van der Waals surface area contributed by atoms with Crippen LogP contribution in [0.5, 0.6) is 0 Å². The van der Waals surface area contributed by atoms with Crippen LogP contribution in [0.2, 0.25) is 0 Å². The molecule has 0 atom stereocenters. The lowest BCUT2D eigenvalue weighted by molar-refractivity contribution is 0.103. The van der Waals surface area contributed by atoms with Crippen molar-refractivity contribution in [2.75, 3.05) is 36.8 Å². The quantitative estimate of drug-likeness (QED) is 0.569. The number of anilines is 2. The number of fused-ring (bicyclic) bond motifs is 4. The Morgan fingerprint density at radius 2 is 1.85 bits per heavy atom. The summed E-state index contributed by atoms with van der Waals surface area (Å²) in [6, 6.07) is 11.1. The number of ketones is 1. The molecule has 6 rings (SSSR count). The van der Waals surface area contributed by atoms with Gasteiger partial charge in [0.05, 0.1) is 5.56 Å². The summed E-state index contributed by atoms with van der Waals surface area (Å²) in [5.74, 6) is 0.131. The number of aromatic amines is 1. The molecule has 2 fully saturated rings. The number of piperazine rings is 1. The molecule has 5 heteroatoms. The minimum Gasteiger partial charge on any atom is -0.399 e. The van der Waals surface area contributed by atoms with Gasteiger partial charge in [0.2, 0.25) is 0 Å². The standard InChI is InChI=1S/C28H34N4O/c1-4-17-14-21-22(16-24(17)32-12-10-31(11-13-32)19-6-5-7-19)28(2,3)27-25(26(21)33)20-9-8-18(29)15-23(20)30-27/h8-9,14-16,19,30H,4-7,10-13,29H2,1-3H3. The summed E-state index contributed by atoms with van der Waals surface area (Å²) in [6.07, 6.45) is 5.05. The van der Waals surface area contributed by atoms with E-state index in [2.05, 4.69) is 47.7 Å². The Morgan fingerprint density at radius 1 is 1.09 bits per heavy atom. The number of hydrogen-bond donors (Lipinski definition) is 2. The monoisotopic (exact) mass is 442 g/mol. The van der Waals surface area contributed by atoms with Gasteiger partial charge in [-0.05, 0) is 54.7 Å². The highest BCUT2D eigenvalue weighted by Gasteiger charge is 2.40. The number of aryl methyl sites for hydroxylation is 1. The predicted octanol–water partition coefficient (Wildman–Crippen LogP) is 4.86. The van der Waals surface area contributed by atoms with Crippen LogP contribution in [0.3, 0.4) is 0 Å². The number of carbonyl (C=O) groups excluding carboxylic acids is 1. The fourth-order valence-electron chi connectivity index (χ4n) is 6.18. The van der Waals surface area contributed by atoms with Gasteiger partial charge in [0, 0.05) is 71.2 Å². The largest absolute Gasteiger partial charge is 0.399 e. The fraction of sp³-hybridized carbons (Fsp3) is 0.464. The molecule has 2 aliphatic carbocycles. The zero-order valence-electron chi connectivity index (χ0n) is 20.0. The Kier molecular flexibility index (Phi) is 4.64. The van der Waals surface area contributed by atoms with Crippen molar-refractivity contribution in [3.63, 3.8) is 0 Å². The van der Waals surface area contributed by atoms with Crippen LogP contribution in [-0.2, 0) is 11.8 Å². The van der Waals surface area contributed by atoms with Crippen molar-refractivity contribution in [1.82, 2.24) is 9.88 Å². The lowest BCUT2D eigenvalue weighted by Gasteiger charge is -2.44. The molecule has 0 unspecified atom stereocenters. The lowest BCUT2D eigenvalue weighted by atomic mass is 9.70. The molecule has 1 saturated carbocycles. The van der Waals surface area contributed by atoms with Crippen LogP contribution in [0.15, 0.2) is 30.3 Å². The average molecular weight is 443 g/mol. The maximum Gasteiger partial charge on any atom is 0.195 e. The van der Waals surface area contributed by atoms with E-state index < -0.39 is 0 Å². The molecule has 0 bridgehead atoms. The van der Waals surface area contributed by atoms with Gasteiger partial charge >= 0.3 is 0 Å². The molecule has 172 valence electrons. The van der Waals surface area contributed by atoms with E-state index >= 15 is 0 Å². The van der Waals surface area contributed by atoms with Crippen LogP contribution in [-0.4, -0.2) is 47.9 Å². The Balaban J connectivity index is 1.42. The van der Waals surface area contributed by atoms with Gasteiger partial charge in [-0.25, -0.2) is 0 Å². The molecule has 1 saturated heterocycles. The Labute approximate surface area is 195 Å². The van der Waals surface area contributed by atoms with Crippen molar-refractivity contribution in [1.29, 1.82) is 0 Å². The van der Waals surface area contributed by atoms with E-state index in [1.54, 1.807) is 0 Å². The molecule has 5 nitrogen and oxygen atoms in total. The fourth-order valence-corrected chi connectivity index (χ4v) is 6.18. The van der Waals surface area contributed by atoms with E-state index in [-0.39, 0.29) is 11.2 Å². The minimum absolute atomic E-state index is 0.131. The van der Waals surface area contributed by atoms with Gasteiger partial charge < -0.3 is 15.6 Å². The van der Waals surface area contributed by atoms with Crippen LogP contribution in [0, 0.1) is 0 Å². The Hall–Kier alpha value is -2.79. The molecule has 3 aliphatic rings. The number of nitrogens with two attached hydrogens (primary N) is 1. The van der Waals surface area contributed by atoms with E-state index in [1.165, 1.54) is 30.5 Å². The SMILES string of the molecule is CCc1cc2c(cc1N1CCN(C3CCC3)CC1)C(C)(C)c1[nH]c3cc(N)ccc3c1C2=O. The first kappa shape index (κ1) is 20.8. The summed E-state index contributed by atoms with van der Waals surface area (Å²) in [7, 11) is 0. The van der Waals surface area contributed by atoms with E-state index in [0.717, 1.165) is 71.9 Å². The predicted molar refractivity (Wildman–Crippen MR) is 136 cm³/mol. The normalized spacial score (nSPS) is 20.6. The minimum atomic E-state index is -0.291. The molecule has 33 heavy (non-hydrogen) atoms. The summed E-state index contributed by atoms with van der Waals surface area (Å²) in [4.78, 5) is 22.6. The molecule has 0 amide bonds. The van der Waals surface area contributed by atoms with Crippen molar-refractivity contribution < 1.29 is 4.79 Å². The van der Waals surface area contributed by atoms with Gasteiger partial charge in [0.15, 0.2) is 5.78 Å². The van der Waals surface area contributed by atoms with E-state index in [1.807, 2.05) is 18.2 Å². The molecular formula is C28H34N4O. The molecule has 0 radical (unpaired) electrons. The maximum absolute atomic E-state index is 13.8. The number of benzene rings is 2. The second kappa shape index (κ2) is 7.36. The summed E-state index contributed by atoms with van der Waals surface area (Å²) in [5, 5.41) is 0.970. The van der Waals surface area contributed by atoms with Gasteiger partial charge in [-0.3, -0.25) is 9.69 Å². The van der Waals surface area contributed by atoms with Crippen molar-refractivity contribution in [2.45, 2.75) is 57.9 Å². The second-order valence-electron chi connectivity index (χ2n) is 10.6. The first-order valence-electron chi connectivity index (χ1n) is 12.5. The van der Waals surface area contributed by atoms with E-state index in [9.17, 15) is 4.79 Å². The molecule has 3 N–H and O–H groups in total. The van der Waals surface area contributed by atoms with Crippen LogP contribution >= 0.6 is 0 Å². The zero-order chi connectivity index (χ0) is 22.9. The highest BCUT2D eigenvalue weighted by Crippen LogP contribution is 2.46. The van der Waals surface area contributed by atoms with Gasteiger partial charge in [0.1, 0.15) is 0 Å². The van der Waals surface area contributed by atoms with Gasteiger partial charge in [0.25, 0.3) is 0 Å². The number of rotatable bonds is 3. The number of carbonyl (C=O) groups is 1. The Morgan fingerprint density at radius 3 is 2.52 bits per heavy atom. The molecular weight excluding hydrogens is 408 g/mol. The number of nitrogens with zero attached hydrogens (tertiary/aromatic N) is 2. The van der Waals surface area contributed by atoms with Crippen LogP contribution in [0.1, 0.15) is 72.8 Å². The zero-order valence-corrected chi connectivity index (χ0v) is 20.0. The molecule has 1 aromatic heterocycles. The van der Waals surface area contributed by atoms with Crippen molar-refractivity contribution in [3.05, 3.63) is 58.3 Å². The summed E-state index contributed by atoms with van der Waals surface area (Å²) in [6.45, 7) is 11.1. The average Bonchev–Trinajstić information content (AvgIpc) is 3.16. The van der Waals surface area contributed by atoms with E-state index in [4.69, 9.17) is 5.73 Å². The smallest absolute Gasteiger partial charge is 0.195 e. The maximum atomic E-state index is 13.8. The van der Waals surface area contributed by atoms with Crippen LogP contribution in [0.25, 0.3) is 10.9 Å². The highest BCUT2D eigenvalue weighted by molar-refractivity contribution is 6.20. The van der Waals surface area contributed by atoms with Crippen molar-refractivity contribution in [3.8, 4) is 0 Å².